The molecule has 4 rings (SSSR count). The summed E-state index contributed by atoms with van der Waals surface area (Å²) in [5, 5.41) is 13.5. The number of carbonyl (C=O) groups excluding carboxylic acids is 2. The molecule has 2 aromatic carbocycles. The molecule has 2 N–H and O–H groups in total. The van der Waals surface area contributed by atoms with E-state index in [0.717, 1.165) is 28.8 Å². The molecule has 1 aromatic heterocycles. The predicted molar refractivity (Wildman–Crippen MR) is 141 cm³/mol. The van der Waals surface area contributed by atoms with Crippen molar-refractivity contribution in [2.24, 2.45) is 5.92 Å². The molecule has 1 aliphatic rings. The summed E-state index contributed by atoms with van der Waals surface area (Å²) in [4.78, 5) is 39.0. The summed E-state index contributed by atoms with van der Waals surface area (Å²) in [5.41, 5.74) is 1.77. The largest absolute Gasteiger partial charge is 0.478 e. The van der Waals surface area contributed by atoms with Crippen LogP contribution in [0.1, 0.15) is 22.2 Å². The molecule has 184 valence electrons. The van der Waals surface area contributed by atoms with Crippen molar-refractivity contribution in [1.82, 2.24) is 4.90 Å². The van der Waals surface area contributed by atoms with Gasteiger partial charge in [-0.1, -0.05) is 37.0 Å². The van der Waals surface area contributed by atoms with Gasteiger partial charge < -0.3 is 10.4 Å². The van der Waals surface area contributed by atoms with Crippen molar-refractivity contribution in [2.45, 2.75) is 6.92 Å². The first kappa shape index (κ1) is 25.7. The Balaban J connectivity index is 1.41. The topological polar surface area (TPSA) is 86.7 Å². The molecule has 0 aliphatic carbocycles. The summed E-state index contributed by atoms with van der Waals surface area (Å²) in [5.74, 6) is -4.17. The smallest absolute Gasteiger partial charge is 0.335 e. The third-order valence-electron chi connectivity index (χ3n) is 5.32. The number of anilines is 1. The van der Waals surface area contributed by atoms with Crippen molar-refractivity contribution in [3.63, 3.8) is 0 Å². The second-order valence-electron chi connectivity index (χ2n) is 7.93. The summed E-state index contributed by atoms with van der Waals surface area (Å²) in [6.45, 7) is 1.74. The summed E-state index contributed by atoms with van der Waals surface area (Å²) in [6, 6.07) is 11.2. The van der Waals surface area contributed by atoms with Gasteiger partial charge in [0.15, 0.2) is 11.6 Å². The van der Waals surface area contributed by atoms with E-state index < -0.39 is 23.5 Å². The van der Waals surface area contributed by atoms with Gasteiger partial charge in [0.05, 0.1) is 16.4 Å². The van der Waals surface area contributed by atoms with Crippen LogP contribution in [0.4, 0.5) is 14.5 Å². The zero-order valence-corrected chi connectivity index (χ0v) is 21.1. The molecule has 2 amide bonds. The number of hydrogen-bond acceptors (Lipinski definition) is 6. The van der Waals surface area contributed by atoms with Gasteiger partial charge in [0.25, 0.3) is 5.91 Å². The second kappa shape index (κ2) is 10.7. The molecule has 1 atom stereocenters. The van der Waals surface area contributed by atoms with E-state index in [1.807, 2.05) is 0 Å². The molecule has 3 aromatic rings. The van der Waals surface area contributed by atoms with Crippen LogP contribution in [0.15, 0.2) is 58.8 Å². The van der Waals surface area contributed by atoms with E-state index in [2.05, 4.69) is 5.32 Å². The molecule has 0 radical (unpaired) electrons. The second-order valence-corrected chi connectivity index (χ2v) is 10.6. The Bertz CT molecular complexity index is 1400. The highest BCUT2D eigenvalue weighted by Crippen LogP contribution is 2.35. The first-order valence-electron chi connectivity index (χ1n) is 10.6. The van der Waals surface area contributed by atoms with Crippen LogP contribution in [-0.2, 0) is 9.59 Å². The number of rotatable bonds is 7. The molecule has 1 unspecified atom stereocenters. The Morgan fingerprint density at radius 3 is 2.50 bits per heavy atom. The molecule has 11 heteroatoms. The summed E-state index contributed by atoms with van der Waals surface area (Å²) in [7, 11) is 0. The Morgan fingerprint density at radius 2 is 1.83 bits per heavy atom. The zero-order chi connectivity index (χ0) is 26.0. The molecule has 0 bridgehead atoms. The number of benzene rings is 2. The summed E-state index contributed by atoms with van der Waals surface area (Å²) in [6.07, 6.45) is 1.68. The van der Waals surface area contributed by atoms with E-state index in [-0.39, 0.29) is 23.9 Å². The van der Waals surface area contributed by atoms with E-state index in [4.69, 9.17) is 17.3 Å². The molecule has 1 saturated heterocycles. The van der Waals surface area contributed by atoms with E-state index in [1.165, 1.54) is 46.6 Å². The van der Waals surface area contributed by atoms with Crippen LogP contribution < -0.4 is 5.32 Å². The van der Waals surface area contributed by atoms with Crippen LogP contribution in [0, 0.1) is 17.6 Å². The standard InChI is InChI=1S/C25H18F2N2O4S3/c1-13(22(30)28-17-5-2-14(3-6-17)24(32)33)11-29-23(31)21(36-25(29)34)10-18-8-16(12-35-18)15-4-7-19(26)20(27)9-15/h2-10,12-13H,11H2,1H3,(H,28,30)(H,32,33). The van der Waals surface area contributed by atoms with Crippen LogP contribution >= 0.6 is 35.3 Å². The lowest BCUT2D eigenvalue weighted by Gasteiger charge is -2.19. The minimum Gasteiger partial charge on any atom is -0.478 e. The predicted octanol–water partition coefficient (Wildman–Crippen LogP) is 5.87. The van der Waals surface area contributed by atoms with Gasteiger partial charge in [-0.25, -0.2) is 13.6 Å². The fraction of sp³-hybridized carbons (Fsp3) is 0.120. The number of carbonyl (C=O) groups is 3. The van der Waals surface area contributed by atoms with Crippen LogP contribution in [0.5, 0.6) is 0 Å². The molecule has 0 spiro atoms. The van der Waals surface area contributed by atoms with Crippen LogP contribution in [0.25, 0.3) is 17.2 Å². The van der Waals surface area contributed by atoms with Crippen molar-refractivity contribution >= 4 is 69.2 Å². The fourth-order valence-electron chi connectivity index (χ4n) is 3.36. The van der Waals surface area contributed by atoms with Crippen molar-refractivity contribution in [3.8, 4) is 11.1 Å². The van der Waals surface area contributed by atoms with Gasteiger partial charge in [-0.2, -0.15) is 0 Å². The van der Waals surface area contributed by atoms with Crippen molar-refractivity contribution in [1.29, 1.82) is 0 Å². The highest BCUT2D eigenvalue weighted by atomic mass is 32.2. The fourth-order valence-corrected chi connectivity index (χ4v) is 5.55. The highest BCUT2D eigenvalue weighted by molar-refractivity contribution is 8.26. The Labute approximate surface area is 218 Å². The van der Waals surface area contributed by atoms with Crippen molar-refractivity contribution < 1.29 is 28.3 Å². The number of thioether (sulfide) groups is 1. The highest BCUT2D eigenvalue weighted by Gasteiger charge is 2.34. The number of amides is 2. The van der Waals surface area contributed by atoms with E-state index in [1.54, 1.807) is 24.4 Å². The van der Waals surface area contributed by atoms with Crippen LogP contribution in [-0.4, -0.2) is 38.7 Å². The quantitative estimate of drug-likeness (QED) is 0.286. The molecule has 2 heterocycles. The monoisotopic (exact) mass is 544 g/mol. The number of carboxylic acids is 1. The maximum Gasteiger partial charge on any atom is 0.335 e. The lowest BCUT2D eigenvalue weighted by molar-refractivity contribution is -0.124. The number of nitrogens with one attached hydrogen (secondary N) is 1. The van der Waals surface area contributed by atoms with E-state index >= 15 is 0 Å². The Kier molecular flexibility index (Phi) is 7.62. The maximum absolute atomic E-state index is 13.6. The van der Waals surface area contributed by atoms with Crippen molar-refractivity contribution in [2.75, 3.05) is 11.9 Å². The van der Waals surface area contributed by atoms with Crippen LogP contribution in [0.2, 0.25) is 0 Å². The van der Waals surface area contributed by atoms with Gasteiger partial charge >= 0.3 is 5.97 Å². The maximum atomic E-state index is 13.6. The molecule has 6 nitrogen and oxygen atoms in total. The SMILES string of the molecule is CC(CN1C(=O)C(=Cc2cc(-c3ccc(F)c(F)c3)cs2)SC1=S)C(=O)Nc1ccc(C(=O)O)cc1. The first-order chi connectivity index (χ1) is 17.1. The van der Waals surface area contributed by atoms with Gasteiger partial charge in [-0.05, 0) is 65.0 Å². The molecule has 1 aliphatic heterocycles. The average Bonchev–Trinajstić information content (AvgIpc) is 3.41. The van der Waals surface area contributed by atoms with Gasteiger partial charge in [-0.3, -0.25) is 14.5 Å². The number of hydrogen-bond donors (Lipinski definition) is 2. The third kappa shape index (κ3) is 5.69. The summed E-state index contributed by atoms with van der Waals surface area (Å²) >= 11 is 7.83. The normalized spacial score (nSPS) is 15.4. The average molecular weight is 545 g/mol. The minimum atomic E-state index is -1.06. The Hall–Kier alpha value is -3.41. The first-order valence-corrected chi connectivity index (χ1v) is 12.7. The number of thiocarbonyl (C=S) groups is 1. The number of nitrogens with zero attached hydrogens (tertiary/aromatic N) is 1. The van der Waals surface area contributed by atoms with Gasteiger partial charge in [0, 0.05) is 17.1 Å². The lowest BCUT2D eigenvalue weighted by Crippen LogP contribution is -2.36. The number of halogens is 2. The molecular weight excluding hydrogens is 526 g/mol. The van der Waals surface area contributed by atoms with Gasteiger partial charge in [0.2, 0.25) is 5.91 Å². The molecular formula is C25H18F2N2O4S3. The molecule has 36 heavy (non-hydrogen) atoms. The Morgan fingerprint density at radius 1 is 1.11 bits per heavy atom. The minimum absolute atomic E-state index is 0.0750. The van der Waals surface area contributed by atoms with Gasteiger partial charge in [-0.15, -0.1) is 11.3 Å². The number of carboxylic acid groups (broad SMARTS) is 1. The van der Waals surface area contributed by atoms with E-state index in [0.29, 0.717) is 26.0 Å². The molecule has 1 fully saturated rings. The number of thiophene rings is 1. The van der Waals surface area contributed by atoms with E-state index in [9.17, 15) is 23.2 Å². The number of aromatic carboxylic acids is 1. The van der Waals surface area contributed by atoms with Crippen LogP contribution in [0.3, 0.4) is 0 Å². The molecule has 0 saturated carbocycles. The summed E-state index contributed by atoms with van der Waals surface area (Å²) < 4.78 is 27.1. The lowest BCUT2D eigenvalue weighted by atomic mass is 10.1. The van der Waals surface area contributed by atoms with Crippen molar-refractivity contribution in [3.05, 3.63) is 80.9 Å². The third-order valence-corrected chi connectivity index (χ3v) is 7.58. The van der Waals surface area contributed by atoms with Gasteiger partial charge in [0.1, 0.15) is 4.32 Å². The zero-order valence-electron chi connectivity index (χ0n) is 18.7.